The van der Waals surface area contributed by atoms with Crippen LogP contribution in [-0.4, -0.2) is 42.9 Å². The molecule has 7 nitrogen and oxygen atoms in total. The van der Waals surface area contributed by atoms with Gasteiger partial charge in [0.2, 0.25) is 18.4 Å². The van der Waals surface area contributed by atoms with Crippen LogP contribution in [0.3, 0.4) is 0 Å². The maximum absolute atomic E-state index is 5.97. The van der Waals surface area contributed by atoms with Gasteiger partial charge in [0.05, 0.1) is 12.8 Å². The van der Waals surface area contributed by atoms with Gasteiger partial charge in [0.25, 0.3) is 0 Å². The van der Waals surface area contributed by atoms with Crippen LogP contribution in [0.5, 0.6) is 17.2 Å². The summed E-state index contributed by atoms with van der Waals surface area (Å²) < 4.78 is 22.1. The predicted octanol–water partition coefficient (Wildman–Crippen LogP) is 2.76. The van der Waals surface area contributed by atoms with Gasteiger partial charge in [0, 0.05) is 31.2 Å². The molecule has 2 aliphatic heterocycles. The number of aromatic nitrogens is 1. The lowest BCUT2D eigenvalue weighted by Crippen LogP contribution is -2.26. The number of hydrogen-bond donors (Lipinski definition) is 1. The molecule has 144 valence electrons. The van der Waals surface area contributed by atoms with Gasteiger partial charge in [0.1, 0.15) is 5.76 Å². The first-order chi connectivity index (χ1) is 11.6. The minimum Gasteiger partial charge on any atom is -0.493 e. The topological polar surface area (TPSA) is 83.0 Å². The van der Waals surface area contributed by atoms with Crippen LogP contribution in [0.15, 0.2) is 16.5 Å². The van der Waals surface area contributed by atoms with Gasteiger partial charge in [-0.2, -0.15) is 0 Å². The number of benzene rings is 1. The van der Waals surface area contributed by atoms with Crippen molar-refractivity contribution in [1.29, 1.82) is 0 Å². The van der Waals surface area contributed by atoms with E-state index >= 15 is 0 Å². The number of methoxy groups -OCH3 is 1. The molecule has 3 heterocycles. The summed E-state index contributed by atoms with van der Waals surface area (Å²) >= 11 is 0. The van der Waals surface area contributed by atoms with Crippen molar-refractivity contribution in [2.45, 2.75) is 25.9 Å². The number of nitrogens with zero attached hydrogens (tertiary/aromatic N) is 2. The number of rotatable bonds is 4. The lowest BCUT2D eigenvalue weighted by molar-refractivity contribution is 0.171. The van der Waals surface area contributed by atoms with Gasteiger partial charge < -0.3 is 24.4 Å². The van der Waals surface area contributed by atoms with Crippen molar-refractivity contribution < 1.29 is 18.6 Å². The largest absolute Gasteiger partial charge is 0.493 e. The molecule has 0 saturated carbocycles. The Bertz CT molecular complexity index is 769. The number of likely N-dealkylation sites (tertiary alicyclic amines) is 1. The summed E-state index contributed by atoms with van der Waals surface area (Å²) in [5.41, 5.74) is 7.72. The molecule has 2 aromatic rings. The highest BCUT2D eigenvalue weighted by atomic mass is 35.5. The van der Waals surface area contributed by atoms with Gasteiger partial charge in [-0.15, -0.1) is 24.8 Å². The van der Waals surface area contributed by atoms with Crippen LogP contribution in [0.4, 0.5) is 0 Å². The number of aryl methyl sites for hydroxylation is 1. The van der Waals surface area contributed by atoms with Gasteiger partial charge in [-0.25, -0.2) is 4.98 Å². The standard InChI is InChI=1S/C17H21N3O4.2ClH/c1-10-13(8-20-4-3-12(18)7-20)19-17(24-10)11-5-14(21-2)16-15(6-11)22-9-23-16;;/h5-6,12H,3-4,7-9,18H2,1-2H3;2*1H. The van der Waals surface area contributed by atoms with Crippen LogP contribution < -0.4 is 19.9 Å². The van der Waals surface area contributed by atoms with E-state index in [0.717, 1.165) is 43.1 Å². The molecule has 26 heavy (non-hydrogen) atoms. The van der Waals surface area contributed by atoms with E-state index in [2.05, 4.69) is 9.88 Å². The van der Waals surface area contributed by atoms with Crippen molar-refractivity contribution in [3.8, 4) is 28.7 Å². The third kappa shape index (κ3) is 3.86. The highest BCUT2D eigenvalue weighted by Gasteiger charge is 2.24. The second kappa shape index (κ2) is 8.35. The SMILES string of the molecule is COc1cc(-c2nc(CN3CCC(N)C3)c(C)o2)cc2c1OCO2.Cl.Cl. The molecule has 2 aliphatic rings. The molecule has 9 heteroatoms. The summed E-state index contributed by atoms with van der Waals surface area (Å²) in [5.74, 6) is 3.26. The van der Waals surface area contributed by atoms with Gasteiger partial charge in [0.15, 0.2) is 11.5 Å². The first-order valence-corrected chi connectivity index (χ1v) is 8.06. The fourth-order valence-corrected chi connectivity index (χ4v) is 3.17. The fourth-order valence-electron chi connectivity index (χ4n) is 3.17. The van der Waals surface area contributed by atoms with E-state index in [0.29, 0.717) is 23.1 Å². The number of halogens is 2. The number of hydrogen-bond acceptors (Lipinski definition) is 7. The van der Waals surface area contributed by atoms with Crippen LogP contribution >= 0.6 is 24.8 Å². The van der Waals surface area contributed by atoms with E-state index in [1.54, 1.807) is 7.11 Å². The normalized spacial score (nSPS) is 18.3. The van der Waals surface area contributed by atoms with Crippen molar-refractivity contribution in [2.24, 2.45) is 5.73 Å². The Morgan fingerprint density at radius 3 is 2.81 bits per heavy atom. The first kappa shape index (κ1) is 20.6. The average Bonchev–Trinajstić information content (AvgIpc) is 3.28. The maximum Gasteiger partial charge on any atom is 0.231 e. The van der Waals surface area contributed by atoms with Gasteiger partial charge >= 0.3 is 0 Å². The molecule has 1 saturated heterocycles. The van der Waals surface area contributed by atoms with Crippen molar-refractivity contribution in [3.63, 3.8) is 0 Å². The molecular weight excluding hydrogens is 381 g/mol. The number of ether oxygens (including phenoxy) is 3. The van der Waals surface area contributed by atoms with Crippen molar-refractivity contribution in [1.82, 2.24) is 9.88 Å². The molecule has 1 unspecified atom stereocenters. The van der Waals surface area contributed by atoms with Crippen molar-refractivity contribution in [3.05, 3.63) is 23.6 Å². The second-order valence-corrected chi connectivity index (χ2v) is 6.22. The highest BCUT2D eigenvalue weighted by molar-refractivity contribution is 5.85. The smallest absolute Gasteiger partial charge is 0.231 e. The van der Waals surface area contributed by atoms with Crippen LogP contribution in [0.2, 0.25) is 0 Å². The summed E-state index contributed by atoms with van der Waals surface area (Å²) in [7, 11) is 1.60. The average molecular weight is 404 g/mol. The molecule has 2 N–H and O–H groups in total. The highest BCUT2D eigenvalue weighted by Crippen LogP contribution is 2.44. The summed E-state index contributed by atoms with van der Waals surface area (Å²) in [6, 6.07) is 3.98. The monoisotopic (exact) mass is 403 g/mol. The molecule has 1 fully saturated rings. The lowest BCUT2D eigenvalue weighted by Gasteiger charge is -2.12. The van der Waals surface area contributed by atoms with E-state index in [1.807, 2.05) is 19.1 Å². The van der Waals surface area contributed by atoms with Crippen LogP contribution in [-0.2, 0) is 6.54 Å². The minimum atomic E-state index is 0. The molecule has 4 rings (SSSR count). The zero-order valence-electron chi connectivity index (χ0n) is 14.7. The molecule has 1 aromatic heterocycles. The predicted molar refractivity (Wildman–Crippen MR) is 102 cm³/mol. The molecular formula is C17H23Cl2N3O4. The summed E-state index contributed by atoms with van der Waals surface area (Å²) in [6.45, 7) is 4.79. The van der Waals surface area contributed by atoms with E-state index in [-0.39, 0.29) is 37.6 Å². The Balaban J connectivity index is 0.00000121. The molecule has 1 aromatic carbocycles. The van der Waals surface area contributed by atoms with E-state index in [1.165, 1.54) is 0 Å². The maximum atomic E-state index is 5.97. The molecule has 0 amide bonds. The minimum absolute atomic E-state index is 0. The molecule has 0 aliphatic carbocycles. The van der Waals surface area contributed by atoms with Crippen molar-refractivity contribution >= 4 is 24.8 Å². The third-order valence-electron chi connectivity index (χ3n) is 4.48. The zero-order valence-corrected chi connectivity index (χ0v) is 16.3. The molecule has 1 atom stereocenters. The first-order valence-electron chi connectivity index (χ1n) is 8.06. The Morgan fingerprint density at radius 1 is 1.31 bits per heavy atom. The third-order valence-corrected chi connectivity index (χ3v) is 4.48. The second-order valence-electron chi connectivity index (χ2n) is 6.22. The van der Waals surface area contributed by atoms with Crippen LogP contribution in [0, 0.1) is 6.92 Å². The number of nitrogens with two attached hydrogens (primary N) is 1. The van der Waals surface area contributed by atoms with Gasteiger partial charge in [-0.1, -0.05) is 0 Å². The Morgan fingerprint density at radius 2 is 2.12 bits per heavy atom. The van der Waals surface area contributed by atoms with Gasteiger partial charge in [-0.3, -0.25) is 4.90 Å². The zero-order chi connectivity index (χ0) is 16.7. The van der Waals surface area contributed by atoms with E-state index in [4.69, 9.17) is 24.4 Å². The quantitative estimate of drug-likeness (QED) is 0.839. The lowest BCUT2D eigenvalue weighted by atomic mass is 10.2. The molecule has 0 bridgehead atoms. The molecule has 0 radical (unpaired) electrons. The molecule has 0 spiro atoms. The summed E-state index contributed by atoms with van der Waals surface area (Å²) in [5, 5.41) is 0. The summed E-state index contributed by atoms with van der Waals surface area (Å²) in [6.07, 6.45) is 1.03. The summed E-state index contributed by atoms with van der Waals surface area (Å²) in [4.78, 5) is 6.97. The van der Waals surface area contributed by atoms with E-state index in [9.17, 15) is 0 Å². The van der Waals surface area contributed by atoms with Crippen LogP contribution in [0.25, 0.3) is 11.5 Å². The Hall–Kier alpha value is -1.67. The Kier molecular flexibility index (Phi) is 6.63. The van der Waals surface area contributed by atoms with Crippen molar-refractivity contribution in [2.75, 3.05) is 27.0 Å². The van der Waals surface area contributed by atoms with E-state index < -0.39 is 0 Å². The number of oxazole rings is 1. The number of fused-ring (bicyclic) bond motifs is 1. The van der Waals surface area contributed by atoms with Gasteiger partial charge in [-0.05, 0) is 25.5 Å². The fraction of sp³-hybridized carbons (Fsp3) is 0.471. The Labute approximate surface area is 164 Å². The van der Waals surface area contributed by atoms with Crippen LogP contribution in [0.1, 0.15) is 17.9 Å².